The second-order valence-electron chi connectivity index (χ2n) is 4.21. The van der Waals surface area contributed by atoms with E-state index >= 15 is 0 Å². The van der Waals surface area contributed by atoms with Crippen molar-refractivity contribution in [1.29, 1.82) is 0 Å². The predicted octanol–water partition coefficient (Wildman–Crippen LogP) is 4.43. The smallest absolute Gasteiger partial charge is 0.298 e. The van der Waals surface area contributed by atoms with Crippen LogP contribution in [0.15, 0.2) is 36.4 Å². The molecule has 2 nitrogen and oxygen atoms in total. The van der Waals surface area contributed by atoms with Gasteiger partial charge in [0.15, 0.2) is 0 Å². The molecule has 2 rings (SSSR count). The third-order valence-electron chi connectivity index (χ3n) is 2.40. The fraction of sp³-hybridized carbons (Fsp3) is 0.0667. The molecule has 0 aliphatic heterocycles. The molecular formula is C15H8F6O2. The van der Waals surface area contributed by atoms with E-state index in [9.17, 15) is 35.9 Å². The van der Waals surface area contributed by atoms with Crippen LogP contribution in [0.25, 0.3) is 0 Å². The topological polar surface area (TPSA) is 34.1 Å². The molecule has 0 N–H and O–H groups in total. The Balaban J connectivity index is 0.000000238. The molecule has 0 saturated heterocycles. The number of hydrogen-bond donors (Lipinski definition) is 0. The molecule has 0 saturated carbocycles. The van der Waals surface area contributed by atoms with E-state index in [1.165, 1.54) is 0 Å². The van der Waals surface area contributed by atoms with Crippen LogP contribution in [0.1, 0.15) is 26.3 Å². The highest BCUT2D eigenvalue weighted by Crippen LogP contribution is 2.30. The largest absolute Gasteiger partial charge is 0.416 e. The van der Waals surface area contributed by atoms with Crippen LogP contribution in [-0.4, -0.2) is 12.6 Å². The summed E-state index contributed by atoms with van der Waals surface area (Å²) in [6.07, 6.45) is -4.07. The lowest BCUT2D eigenvalue weighted by Crippen LogP contribution is -2.06. The molecule has 0 bridgehead atoms. The zero-order valence-corrected chi connectivity index (χ0v) is 11.2. The first-order chi connectivity index (χ1) is 10.7. The molecular weight excluding hydrogens is 326 g/mol. The van der Waals surface area contributed by atoms with Crippen LogP contribution in [0.4, 0.5) is 26.3 Å². The fourth-order valence-electron chi connectivity index (χ4n) is 1.49. The minimum atomic E-state index is -4.63. The highest BCUT2D eigenvalue weighted by atomic mass is 19.4. The fourth-order valence-corrected chi connectivity index (χ4v) is 1.49. The summed E-state index contributed by atoms with van der Waals surface area (Å²) >= 11 is 0. The van der Waals surface area contributed by atoms with Crippen molar-refractivity contribution >= 4 is 12.6 Å². The van der Waals surface area contributed by atoms with Crippen molar-refractivity contribution in [2.24, 2.45) is 0 Å². The summed E-state index contributed by atoms with van der Waals surface area (Å²) in [7, 11) is 0. The Morgan fingerprint density at radius 1 is 0.652 bits per heavy atom. The molecule has 0 fully saturated rings. The lowest BCUT2D eigenvalue weighted by atomic mass is 10.1. The van der Waals surface area contributed by atoms with Gasteiger partial charge in [-0.15, -0.1) is 0 Å². The summed E-state index contributed by atoms with van der Waals surface area (Å²) in [4.78, 5) is 20.1. The van der Waals surface area contributed by atoms with Crippen LogP contribution in [-0.2, 0) is 6.18 Å². The van der Waals surface area contributed by atoms with Gasteiger partial charge in [0.2, 0.25) is 0 Å². The lowest BCUT2D eigenvalue weighted by Gasteiger charge is -2.06. The van der Waals surface area contributed by atoms with Gasteiger partial charge in [0.1, 0.15) is 30.0 Å². The average Bonchev–Trinajstić information content (AvgIpc) is 2.45. The quantitative estimate of drug-likeness (QED) is 0.601. The Morgan fingerprint density at radius 2 is 1.04 bits per heavy atom. The number of benzene rings is 2. The SMILES string of the molecule is O=Cc1cc(F)cc(C(F)(F)F)c1.O=Cc1cc(F)cc(F)c1. The number of halogens is 6. The third-order valence-corrected chi connectivity index (χ3v) is 2.40. The third kappa shape index (κ3) is 5.93. The van der Waals surface area contributed by atoms with Gasteiger partial charge in [-0.25, -0.2) is 13.2 Å². The molecule has 122 valence electrons. The number of hydrogen-bond acceptors (Lipinski definition) is 2. The Kier molecular flexibility index (Phi) is 6.06. The van der Waals surface area contributed by atoms with E-state index < -0.39 is 29.2 Å². The van der Waals surface area contributed by atoms with Crippen molar-refractivity contribution in [1.82, 2.24) is 0 Å². The minimum absolute atomic E-state index is 0.0116. The number of aldehydes is 2. The van der Waals surface area contributed by atoms with E-state index in [1.807, 2.05) is 0 Å². The summed E-state index contributed by atoms with van der Waals surface area (Å²) in [5.74, 6) is -2.54. The summed E-state index contributed by atoms with van der Waals surface area (Å²) in [5, 5.41) is 0. The molecule has 0 amide bonds. The molecule has 0 atom stereocenters. The summed E-state index contributed by atoms with van der Waals surface area (Å²) in [6.45, 7) is 0. The number of carbonyl (C=O) groups excluding carboxylic acids is 2. The second-order valence-corrected chi connectivity index (χ2v) is 4.21. The number of alkyl halides is 3. The summed E-state index contributed by atoms with van der Waals surface area (Å²) in [5.41, 5.74) is -1.47. The van der Waals surface area contributed by atoms with E-state index in [2.05, 4.69) is 0 Å². The molecule has 2 aromatic rings. The van der Waals surface area contributed by atoms with Crippen molar-refractivity contribution in [3.05, 3.63) is 70.5 Å². The first-order valence-electron chi connectivity index (χ1n) is 5.90. The normalized spacial score (nSPS) is 10.5. The van der Waals surface area contributed by atoms with Gasteiger partial charge in [-0.3, -0.25) is 9.59 Å². The minimum Gasteiger partial charge on any atom is -0.298 e. The van der Waals surface area contributed by atoms with Crippen molar-refractivity contribution in [2.75, 3.05) is 0 Å². The monoisotopic (exact) mass is 334 g/mol. The molecule has 0 spiro atoms. The molecule has 0 radical (unpaired) electrons. The summed E-state index contributed by atoms with van der Waals surface area (Å²) < 4.78 is 72.9. The average molecular weight is 334 g/mol. The molecule has 23 heavy (non-hydrogen) atoms. The maximum atomic E-state index is 12.5. The zero-order chi connectivity index (χ0) is 17.6. The molecule has 8 heteroatoms. The van der Waals surface area contributed by atoms with E-state index in [1.54, 1.807) is 0 Å². The summed E-state index contributed by atoms with van der Waals surface area (Å²) in [6, 6.07) is 4.32. The van der Waals surface area contributed by atoms with Gasteiger partial charge in [0.25, 0.3) is 0 Å². The first kappa shape index (κ1) is 18.4. The molecule has 0 unspecified atom stereocenters. The molecule has 0 aliphatic rings. The standard InChI is InChI=1S/C8H4F4O.C7H4F2O/c9-7-2-5(4-13)1-6(3-7)8(10,11)12;8-6-1-5(4-10)2-7(9)3-6/h1-4H;1-4H. The van der Waals surface area contributed by atoms with Crippen LogP contribution in [0.3, 0.4) is 0 Å². The maximum Gasteiger partial charge on any atom is 0.416 e. The van der Waals surface area contributed by atoms with Crippen LogP contribution in [0.2, 0.25) is 0 Å². The Labute approximate surface area is 126 Å². The zero-order valence-electron chi connectivity index (χ0n) is 11.2. The van der Waals surface area contributed by atoms with E-state index in [0.717, 1.165) is 18.2 Å². The van der Waals surface area contributed by atoms with Crippen molar-refractivity contribution < 1.29 is 35.9 Å². The van der Waals surface area contributed by atoms with Crippen molar-refractivity contribution in [3.63, 3.8) is 0 Å². The van der Waals surface area contributed by atoms with E-state index in [4.69, 9.17) is 0 Å². The van der Waals surface area contributed by atoms with Crippen LogP contribution in [0.5, 0.6) is 0 Å². The van der Waals surface area contributed by atoms with Crippen LogP contribution >= 0.6 is 0 Å². The Bertz CT molecular complexity index is 689. The van der Waals surface area contributed by atoms with Crippen molar-refractivity contribution in [3.8, 4) is 0 Å². The van der Waals surface area contributed by atoms with E-state index in [-0.39, 0.29) is 17.4 Å². The second kappa shape index (κ2) is 7.57. The van der Waals surface area contributed by atoms with Gasteiger partial charge in [0, 0.05) is 17.2 Å². The van der Waals surface area contributed by atoms with Crippen molar-refractivity contribution in [2.45, 2.75) is 6.18 Å². The van der Waals surface area contributed by atoms with Gasteiger partial charge in [-0.05, 0) is 30.3 Å². The van der Waals surface area contributed by atoms with Gasteiger partial charge < -0.3 is 0 Å². The molecule has 2 aromatic carbocycles. The first-order valence-corrected chi connectivity index (χ1v) is 5.90. The Hall–Kier alpha value is -2.64. The number of carbonyl (C=O) groups is 2. The molecule has 0 aliphatic carbocycles. The van der Waals surface area contributed by atoms with Gasteiger partial charge in [-0.1, -0.05) is 0 Å². The number of rotatable bonds is 2. The van der Waals surface area contributed by atoms with Crippen LogP contribution in [0, 0.1) is 17.5 Å². The maximum absolute atomic E-state index is 12.5. The lowest BCUT2D eigenvalue weighted by molar-refractivity contribution is -0.137. The predicted molar refractivity (Wildman–Crippen MR) is 68.5 cm³/mol. The highest BCUT2D eigenvalue weighted by molar-refractivity contribution is 5.75. The van der Waals surface area contributed by atoms with E-state index in [0.29, 0.717) is 24.5 Å². The molecule has 0 aromatic heterocycles. The molecule has 0 heterocycles. The Morgan fingerprint density at radius 3 is 1.43 bits per heavy atom. The van der Waals surface area contributed by atoms with Gasteiger partial charge >= 0.3 is 6.18 Å². The van der Waals surface area contributed by atoms with Gasteiger partial charge in [-0.2, -0.15) is 13.2 Å². The van der Waals surface area contributed by atoms with Crippen LogP contribution < -0.4 is 0 Å². The highest BCUT2D eigenvalue weighted by Gasteiger charge is 2.31. The van der Waals surface area contributed by atoms with Gasteiger partial charge in [0.05, 0.1) is 5.56 Å².